The van der Waals surface area contributed by atoms with Gasteiger partial charge in [0.15, 0.2) is 0 Å². The number of hydrogen-bond donors (Lipinski definition) is 0. The van der Waals surface area contributed by atoms with Crippen LogP contribution in [0.15, 0.2) is 48.5 Å². The molecule has 0 radical (unpaired) electrons. The third-order valence-electron chi connectivity index (χ3n) is 5.29. The van der Waals surface area contributed by atoms with Gasteiger partial charge in [0, 0.05) is 0 Å². The summed E-state index contributed by atoms with van der Waals surface area (Å²) in [6.07, 6.45) is 1.50. The fourth-order valence-electron chi connectivity index (χ4n) is 3.07. The number of nitriles is 1. The number of benzene rings is 2. The second-order valence-electron chi connectivity index (χ2n) is 7.57. The molecule has 1 saturated heterocycles. The van der Waals surface area contributed by atoms with E-state index in [2.05, 4.69) is 52.0 Å². The minimum atomic E-state index is -0.313. The first-order valence-electron chi connectivity index (χ1n) is 8.76. The minimum absolute atomic E-state index is 0.231. The van der Waals surface area contributed by atoms with Crippen molar-refractivity contribution in [1.82, 2.24) is 0 Å². The molecule has 2 aromatic carbocycles. The lowest BCUT2D eigenvalue weighted by molar-refractivity contribution is 0.00578. The lowest BCUT2D eigenvalue weighted by Crippen LogP contribution is -2.41. The first kappa shape index (κ1) is 17.7. The molecule has 3 nitrogen and oxygen atoms in total. The molecule has 0 N–H and O–H groups in total. The molecule has 128 valence electrons. The maximum Gasteiger partial charge on any atom is 0.458 e. The van der Waals surface area contributed by atoms with Gasteiger partial charge in [0.1, 0.15) is 0 Å². The summed E-state index contributed by atoms with van der Waals surface area (Å²) in [5.41, 5.74) is 3.32. The van der Waals surface area contributed by atoms with E-state index in [1.807, 2.05) is 30.3 Å². The van der Waals surface area contributed by atoms with Crippen molar-refractivity contribution in [2.24, 2.45) is 0 Å². The molecular weight excluding hydrogens is 309 g/mol. The van der Waals surface area contributed by atoms with Crippen LogP contribution < -0.4 is 0 Å². The Morgan fingerprint density at radius 3 is 2.16 bits per heavy atom. The zero-order valence-corrected chi connectivity index (χ0v) is 15.4. The van der Waals surface area contributed by atoms with Crippen LogP contribution in [-0.2, 0) is 15.7 Å². The second-order valence-corrected chi connectivity index (χ2v) is 7.57. The van der Waals surface area contributed by atoms with Crippen LogP contribution in [0.25, 0.3) is 11.1 Å². The average Bonchev–Trinajstić information content (AvgIpc) is 2.80. The van der Waals surface area contributed by atoms with E-state index >= 15 is 0 Å². The standard InChI is InChI=1S/C21H24BNO2/c1-20(2)21(3,4)25-22(24-20)13-12-17-10-11-18(14-19(17)15-23)16-8-6-5-7-9-16/h5-11,14H,12-13H2,1-4H3. The molecule has 1 aliphatic heterocycles. The molecule has 0 bridgehead atoms. The molecule has 0 spiro atoms. The molecule has 1 heterocycles. The van der Waals surface area contributed by atoms with Crippen molar-refractivity contribution in [2.45, 2.75) is 51.6 Å². The Morgan fingerprint density at radius 2 is 1.56 bits per heavy atom. The number of rotatable bonds is 4. The molecule has 0 unspecified atom stereocenters. The number of hydrogen-bond acceptors (Lipinski definition) is 3. The SMILES string of the molecule is CC1(C)OB(CCc2ccc(-c3ccccc3)cc2C#N)OC1(C)C. The Balaban J connectivity index is 1.73. The lowest BCUT2D eigenvalue weighted by atomic mass is 9.80. The summed E-state index contributed by atoms with van der Waals surface area (Å²) in [5.74, 6) is 0. The maximum atomic E-state index is 9.54. The van der Waals surface area contributed by atoms with Crippen LogP contribution in [0.3, 0.4) is 0 Å². The Kier molecular flexibility index (Phi) is 4.73. The summed E-state index contributed by atoms with van der Waals surface area (Å²) >= 11 is 0. The largest absolute Gasteiger partial charge is 0.458 e. The van der Waals surface area contributed by atoms with Crippen LogP contribution in [0.5, 0.6) is 0 Å². The van der Waals surface area contributed by atoms with Gasteiger partial charge in [-0.05, 0) is 63.2 Å². The van der Waals surface area contributed by atoms with Gasteiger partial charge in [0.25, 0.3) is 0 Å². The Labute approximate surface area is 150 Å². The van der Waals surface area contributed by atoms with Crippen LogP contribution in [0.4, 0.5) is 0 Å². The monoisotopic (exact) mass is 333 g/mol. The van der Waals surface area contributed by atoms with E-state index < -0.39 is 0 Å². The average molecular weight is 333 g/mol. The number of aryl methyl sites for hydroxylation is 1. The Bertz CT molecular complexity index is 777. The van der Waals surface area contributed by atoms with Crippen LogP contribution in [0, 0.1) is 11.3 Å². The Hall–Kier alpha value is -2.09. The van der Waals surface area contributed by atoms with Gasteiger partial charge in [0.05, 0.1) is 22.8 Å². The van der Waals surface area contributed by atoms with Crippen LogP contribution in [0.2, 0.25) is 6.32 Å². The molecule has 1 aliphatic rings. The fourth-order valence-corrected chi connectivity index (χ4v) is 3.07. The van der Waals surface area contributed by atoms with Gasteiger partial charge >= 0.3 is 7.12 Å². The smallest absolute Gasteiger partial charge is 0.403 e. The van der Waals surface area contributed by atoms with E-state index in [4.69, 9.17) is 9.31 Å². The molecule has 1 fully saturated rings. The fraction of sp³-hybridized carbons (Fsp3) is 0.381. The molecule has 0 atom stereocenters. The normalized spacial score (nSPS) is 18.1. The van der Waals surface area contributed by atoms with Crippen molar-refractivity contribution >= 4 is 7.12 Å². The van der Waals surface area contributed by atoms with E-state index in [0.29, 0.717) is 0 Å². The lowest BCUT2D eigenvalue weighted by Gasteiger charge is -2.32. The van der Waals surface area contributed by atoms with Crippen molar-refractivity contribution in [3.05, 3.63) is 59.7 Å². The van der Waals surface area contributed by atoms with E-state index in [1.165, 1.54) is 0 Å². The summed E-state index contributed by atoms with van der Waals surface area (Å²) in [4.78, 5) is 0. The van der Waals surface area contributed by atoms with Crippen LogP contribution >= 0.6 is 0 Å². The Morgan fingerprint density at radius 1 is 0.920 bits per heavy atom. The van der Waals surface area contributed by atoms with Gasteiger partial charge in [-0.15, -0.1) is 0 Å². The molecule has 0 aromatic heterocycles. The topological polar surface area (TPSA) is 42.2 Å². The summed E-state index contributed by atoms with van der Waals surface area (Å²) in [7, 11) is -0.231. The van der Waals surface area contributed by atoms with Gasteiger partial charge < -0.3 is 9.31 Å². The van der Waals surface area contributed by atoms with E-state index in [9.17, 15) is 5.26 Å². The van der Waals surface area contributed by atoms with Crippen molar-refractivity contribution in [3.63, 3.8) is 0 Å². The third kappa shape index (κ3) is 3.63. The first-order chi connectivity index (χ1) is 11.8. The molecule has 0 aliphatic carbocycles. The summed E-state index contributed by atoms with van der Waals surface area (Å²) < 4.78 is 12.1. The van der Waals surface area contributed by atoms with Gasteiger partial charge in [-0.3, -0.25) is 0 Å². The van der Waals surface area contributed by atoms with E-state index in [1.54, 1.807) is 0 Å². The summed E-state index contributed by atoms with van der Waals surface area (Å²) in [5, 5.41) is 9.54. The molecule has 2 aromatic rings. The number of nitrogens with zero attached hydrogens (tertiary/aromatic N) is 1. The van der Waals surface area contributed by atoms with Crippen molar-refractivity contribution < 1.29 is 9.31 Å². The quantitative estimate of drug-likeness (QED) is 0.751. The highest BCUT2D eigenvalue weighted by atomic mass is 16.7. The van der Waals surface area contributed by atoms with Crippen molar-refractivity contribution in [1.29, 1.82) is 5.26 Å². The highest BCUT2D eigenvalue weighted by Gasteiger charge is 2.50. The van der Waals surface area contributed by atoms with E-state index in [-0.39, 0.29) is 18.3 Å². The van der Waals surface area contributed by atoms with Gasteiger partial charge in [-0.1, -0.05) is 42.5 Å². The highest BCUT2D eigenvalue weighted by molar-refractivity contribution is 6.45. The third-order valence-corrected chi connectivity index (χ3v) is 5.29. The van der Waals surface area contributed by atoms with E-state index in [0.717, 1.165) is 35.0 Å². The minimum Gasteiger partial charge on any atom is -0.403 e. The summed E-state index contributed by atoms with van der Waals surface area (Å²) in [6, 6.07) is 18.5. The second kappa shape index (κ2) is 6.67. The van der Waals surface area contributed by atoms with Gasteiger partial charge in [-0.25, -0.2) is 0 Å². The molecular formula is C21H24BNO2. The summed E-state index contributed by atoms with van der Waals surface area (Å²) in [6.45, 7) is 8.23. The molecule has 0 saturated carbocycles. The molecule has 3 rings (SSSR count). The van der Waals surface area contributed by atoms with Crippen molar-refractivity contribution in [3.8, 4) is 17.2 Å². The van der Waals surface area contributed by atoms with Gasteiger partial charge in [-0.2, -0.15) is 5.26 Å². The van der Waals surface area contributed by atoms with Crippen LogP contribution in [0.1, 0.15) is 38.8 Å². The van der Waals surface area contributed by atoms with Crippen molar-refractivity contribution in [2.75, 3.05) is 0 Å². The molecule has 0 amide bonds. The first-order valence-corrected chi connectivity index (χ1v) is 8.76. The molecule has 25 heavy (non-hydrogen) atoms. The maximum absolute atomic E-state index is 9.54. The highest BCUT2D eigenvalue weighted by Crippen LogP contribution is 2.38. The predicted octanol–water partition coefficient (Wildman–Crippen LogP) is 4.86. The van der Waals surface area contributed by atoms with Crippen LogP contribution in [-0.4, -0.2) is 18.3 Å². The molecule has 4 heteroatoms. The zero-order valence-electron chi connectivity index (χ0n) is 15.4. The predicted molar refractivity (Wildman–Crippen MR) is 101 cm³/mol. The zero-order chi connectivity index (χ0) is 18.1. The van der Waals surface area contributed by atoms with Gasteiger partial charge in [0.2, 0.25) is 0 Å².